The first-order valence-electron chi connectivity index (χ1n) is 14.7. The van der Waals surface area contributed by atoms with Crippen LogP contribution < -0.4 is 0 Å². The van der Waals surface area contributed by atoms with Gasteiger partial charge in [0.15, 0.2) is 0 Å². The number of hydrogen-bond acceptors (Lipinski definition) is 5. The van der Waals surface area contributed by atoms with Gasteiger partial charge < -0.3 is 4.98 Å². The summed E-state index contributed by atoms with van der Waals surface area (Å²) in [5, 5.41) is 5.34. The summed E-state index contributed by atoms with van der Waals surface area (Å²) in [4.78, 5) is 27.0. The molecule has 0 radical (unpaired) electrons. The Balaban J connectivity index is 1.38. The zero-order valence-electron chi connectivity index (χ0n) is 23.8. The largest absolute Gasteiger partial charge is 0.361 e. The van der Waals surface area contributed by atoms with Gasteiger partial charge in [-0.05, 0) is 78.4 Å². The number of aromatic nitrogens is 8. The zero-order chi connectivity index (χ0) is 29.5. The third kappa shape index (κ3) is 3.33. The molecule has 0 saturated heterocycles. The van der Waals surface area contributed by atoms with Crippen LogP contribution >= 0.6 is 0 Å². The Bertz CT molecular complexity index is 2490. The van der Waals surface area contributed by atoms with Crippen molar-refractivity contribution in [1.29, 1.82) is 0 Å². The number of benzene rings is 1. The normalized spacial score (nSPS) is 12.0. The predicted molar refractivity (Wildman–Crippen MR) is 178 cm³/mol. The molecule has 8 aromatic rings. The number of nitrogens with zero attached hydrogens (tertiary/aromatic N) is 7. The number of nitrogens with one attached hydrogen (secondary N) is 1. The summed E-state index contributed by atoms with van der Waals surface area (Å²) in [5.41, 5.74) is 11.0. The van der Waals surface area contributed by atoms with E-state index < -0.39 is 0 Å². The SMILES string of the molecule is c1c[nH]c2c3ccncc3c(-c3cc(-n4c5ccncc5c5cccnc54)cc(-n4c5cccnc5c5cccnc54)c3)c-2c1. The van der Waals surface area contributed by atoms with Crippen molar-refractivity contribution in [3.63, 3.8) is 0 Å². The number of hydrogen-bond donors (Lipinski definition) is 1. The number of aromatic amines is 1. The van der Waals surface area contributed by atoms with Gasteiger partial charge in [0.05, 0.1) is 33.6 Å². The van der Waals surface area contributed by atoms with Gasteiger partial charge in [-0.15, -0.1) is 0 Å². The van der Waals surface area contributed by atoms with Crippen LogP contribution in [0.25, 0.3) is 88.5 Å². The van der Waals surface area contributed by atoms with Gasteiger partial charge in [0.2, 0.25) is 0 Å². The molecule has 210 valence electrons. The summed E-state index contributed by atoms with van der Waals surface area (Å²) in [7, 11) is 0. The lowest BCUT2D eigenvalue weighted by atomic mass is 10.00. The van der Waals surface area contributed by atoms with E-state index in [1.165, 1.54) is 0 Å². The van der Waals surface area contributed by atoms with E-state index in [1.807, 2.05) is 67.8 Å². The highest BCUT2D eigenvalue weighted by Gasteiger charge is 2.23. The standard InChI is InChI=1S/C37H22N8/c1-5-26-29-20-39-16-10-31(29)44(36(26)42-13-1)23-17-22(33-27-6-2-11-40-34(27)25-9-15-38-21-30(25)33)18-24(19-23)45-32-8-4-12-41-35(32)28-7-3-14-43-37(28)45/h1-21,40H. The lowest BCUT2D eigenvalue weighted by Gasteiger charge is -2.15. The fourth-order valence-corrected chi connectivity index (χ4v) is 7.00. The molecule has 8 heteroatoms. The molecule has 45 heavy (non-hydrogen) atoms. The van der Waals surface area contributed by atoms with Crippen LogP contribution in [-0.4, -0.2) is 39.0 Å². The van der Waals surface area contributed by atoms with Crippen LogP contribution in [-0.2, 0) is 0 Å². The third-order valence-electron chi connectivity index (χ3n) is 8.80. The van der Waals surface area contributed by atoms with E-state index in [1.54, 1.807) is 0 Å². The summed E-state index contributed by atoms with van der Waals surface area (Å²) in [5.74, 6) is 0. The lowest BCUT2D eigenvalue weighted by Crippen LogP contribution is -2.01. The summed E-state index contributed by atoms with van der Waals surface area (Å²) in [6.45, 7) is 0. The number of fused-ring (bicyclic) bond motifs is 9. The number of H-pyrrole nitrogens is 1. The van der Waals surface area contributed by atoms with Crippen LogP contribution in [0.5, 0.6) is 0 Å². The highest BCUT2D eigenvalue weighted by molar-refractivity contribution is 6.14. The molecule has 0 amide bonds. The first kappa shape index (κ1) is 24.1. The summed E-state index contributed by atoms with van der Waals surface area (Å²) in [6.07, 6.45) is 15.1. The van der Waals surface area contributed by atoms with Crippen molar-refractivity contribution < 1.29 is 0 Å². The van der Waals surface area contributed by atoms with E-state index in [0.717, 1.165) is 88.5 Å². The molecule has 0 bridgehead atoms. The Hall–Kier alpha value is -6.41. The smallest absolute Gasteiger partial charge is 0.147 e. The highest BCUT2D eigenvalue weighted by atomic mass is 15.1. The van der Waals surface area contributed by atoms with Gasteiger partial charge in [-0.2, -0.15) is 0 Å². The molecule has 0 fully saturated rings. The Morgan fingerprint density at radius 3 is 2.11 bits per heavy atom. The minimum atomic E-state index is 0.853. The lowest BCUT2D eigenvalue weighted by molar-refractivity contribution is 1.10. The van der Waals surface area contributed by atoms with Crippen molar-refractivity contribution in [3.05, 3.63) is 128 Å². The summed E-state index contributed by atoms with van der Waals surface area (Å²) < 4.78 is 4.45. The van der Waals surface area contributed by atoms with E-state index in [0.29, 0.717) is 0 Å². The molecule has 8 nitrogen and oxygen atoms in total. The molecule has 7 aromatic heterocycles. The molecule has 1 aliphatic carbocycles. The molecule has 0 unspecified atom stereocenters. The van der Waals surface area contributed by atoms with E-state index in [-0.39, 0.29) is 0 Å². The fraction of sp³-hybridized carbons (Fsp3) is 0. The van der Waals surface area contributed by atoms with Crippen LogP contribution in [0, 0.1) is 0 Å². The number of pyridine rings is 6. The number of rotatable bonds is 3. The molecule has 2 aliphatic rings. The maximum absolute atomic E-state index is 4.87. The Morgan fingerprint density at radius 2 is 1.24 bits per heavy atom. The van der Waals surface area contributed by atoms with Crippen molar-refractivity contribution in [2.75, 3.05) is 0 Å². The van der Waals surface area contributed by atoms with E-state index >= 15 is 0 Å². The van der Waals surface area contributed by atoms with Gasteiger partial charge in [0.25, 0.3) is 0 Å². The van der Waals surface area contributed by atoms with E-state index in [2.05, 4.69) is 84.7 Å². The first-order valence-corrected chi connectivity index (χ1v) is 14.7. The molecule has 0 atom stereocenters. The van der Waals surface area contributed by atoms with E-state index in [9.17, 15) is 0 Å². The van der Waals surface area contributed by atoms with Crippen molar-refractivity contribution in [2.45, 2.75) is 0 Å². The first-order chi connectivity index (χ1) is 22.3. The molecule has 10 rings (SSSR count). The predicted octanol–water partition coefficient (Wildman–Crippen LogP) is 8.11. The molecule has 0 saturated carbocycles. The van der Waals surface area contributed by atoms with Gasteiger partial charge in [-0.1, -0.05) is 6.07 Å². The Morgan fingerprint density at radius 1 is 0.533 bits per heavy atom. The topological polar surface area (TPSA) is 90.1 Å². The van der Waals surface area contributed by atoms with Crippen LogP contribution in [0.1, 0.15) is 0 Å². The monoisotopic (exact) mass is 578 g/mol. The van der Waals surface area contributed by atoms with Gasteiger partial charge in [0.1, 0.15) is 11.3 Å². The Labute approximate surface area is 255 Å². The molecule has 1 aliphatic heterocycles. The molecular weight excluding hydrogens is 556 g/mol. The van der Waals surface area contributed by atoms with Crippen LogP contribution in [0.4, 0.5) is 0 Å². The maximum Gasteiger partial charge on any atom is 0.147 e. The third-order valence-corrected chi connectivity index (χ3v) is 8.80. The summed E-state index contributed by atoms with van der Waals surface area (Å²) >= 11 is 0. The van der Waals surface area contributed by atoms with Crippen LogP contribution in [0.15, 0.2) is 128 Å². The van der Waals surface area contributed by atoms with E-state index in [4.69, 9.17) is 15.0 Å². The second-order valence-corrected chi connectivity index (χ2v) is 11.2. The van der Waals surface area contributed by atoms with Crippen molar-refractivity contribution in [1.82, 2.24) is 39.0 Å². The van der Waals surface area contributed by atoms with Gasteiger partial charge in [-0.3, -0.25) is 24.1 Å². The Kier molecular flexibility index (Phi) is 4.84. The molecule has 1 aromatic carbocycles. The van der Waals surface area contributed by atoms with Crippen molar-refractivity contribution in [2.24, 2.45) is 0 Å². The van der Waals surface area contributed by atoms with Crippen LogP contribution in [0.3, 0.4) is 0 Å². The fourth-order valence-electron chi connectivity index (χ4n) is 7.00. The highest BCUT2D eigenvalue weighted by Crippen LogP contribution is 2.45. The second kappa shape index (κ2) is 9.05. The van der Waals surface area contributed by atoms with Crippen molar-refractivity contribution in [3.8, 4) is 33.8 Å². The van der Waals surface area contributed by atoms with Gasteiger partial charge in [-0.25, -0.2) is 9.97 Å². The quantitative estimate of drug-likeness (QED) is 0.229. The van der Waals surface area contributed by atoms with Gasteiger partial charge >= 0.3 is 0 Å². The van der Waals surface area contributed by atoms with Crippen LogP contribution in [0.2, 0.25) is 0 Å². The van der Waals surface area contributed by atoms with Crippen molar-refractivity contribution >= 4 is 54.8 Å². The zero-order valence-corrected chi connectivity index (χ0v) is 23.8. The minimum absolute atomic E-state index is 0.853. The van der Waals surface area contributed by atoms with Gasteiger partial charge in [0, 0.05) is 87.6 Å². The molecule has 1 N–H and O–H groups in total. The summed E-state index contributed by atoms with van der Waals surface area (Å²) in [6, 6.07) is 27.3. The average molecular weight is 579 g/mol. The molecule has 8 heterocycles. The average Bonchev–Trinajstić information content (AvgIpc) is 3.74. The molecular formula is C37H22N8. The molecule has 0 spiro atoms. The second-order valence-electron chi connectivity index (χ2n) is 11.2. The minimum Gasteiger partial charge on any atom is -0.361 e. The maximum atomic E-state index is 4.87.